The molecule has 3 aromatic rings. The second-order valence-corrected chi connectivity index (χ2v) is 7.23. The number of nitrogens with one attached hydrogen (secondary N) is 1. The van der Waals surface area contributed by atoms with Gasteiger partial charge < -0.3 is 11.1 Å². The van der Waals surface area contributed by atoms with Crippen LogP contribution in [0.1, 0.15) is 20.8 Å². The molecule has 0 atom stereocenters. The van der Waals surface area contributed by atoms with Gasteiger partial charge in [0.05, 0.1) is 10.4 Å². The number of pyridine rings is 1. The molecule has 0 aliphatic rings. The number of thiophene rings is 1. The van der Waals surface area contributed by atoms with Crippen molar-refractivity contribution in [2.45, 2.75) is 18.4 Å². The number of fused-ring (bicyclic) bond motifs is 1. The van der Waals surface area contributed by atoms with E-state index in [-0.39, 0.29) is 18.3 Å². The molecular formula is C17H16FN3OS2. The first-order valence-electron chi connectivity index (χ1n) is 7.24. The van der Waals surface area contributed by atoms with Crippen LogP contribution in [0.15, 0.2) is 35.5 Å². The molecular weight excluding hydrogens is 345 g/mol. The molecule has 0 saturated heterocycles. The van der Waals surface area contributed by atoms with Crippen LogP contribution in [-0.4, -0.2) is 17.1 Å². The molecule has 1 aromatic carbocycles. The summed E-state index contributed by atoms with van der Waals surface area (Å²) in [7, 11) is 0. The van der Waals surface area contributed by atoms with Crippen molar-refractivity contribution in [3.05, 3.63) is 52.4 Å². The number of aryl methyl sites for hydroxylation is 1. The van der Waals surface area contributed by atoms with Gasteiger partial charge in [-0.3, -0.25) is 9.78 Å². The molecule has 1 amide bonds. The largest absolute Gasteiger partial charge is 0.397 e. The molecule has 0 radical (unpaired) electrons. The minimum absolute atomic E-state index is 0.245. The first-order chi connectivity index (χ1) is 11.5. The van der Waals surface area contributed by atoms with Gasteiger partial charge >= 0.3 is 0 Å². The Bertz CT molecular complexity index is 924. The van der Waals surface area contributed by atoms with E-state index in [4.69, 9.17) is 5.73 Å². The molecule has 2 aromatic heterocycles. The van der Waals surface area contributed by atoms with Gasteiger partial charge in [0.25, 0.3) is 5.91 Å². The Morgan fingerprint density at radius 3 is 2.88 bits per heavy atom. The van der Waals surface area contributed by atoms with Crippen molar-refractivity contribution in [1.29, 1.82) is 0 Å². The number of nitrogens with zero attached hydrogens (tertiary/aromatic N) is 1. The summed E-state index contributed by atoms with van der Waals surface area (Å²) in [6, 6.07) is 4.95. The number of nitrogens with two attached hydrogens (primary N) is 1. The van der Waals surface area contributed by atoms with Crippen molar-refractivity contribution >= 4 is 44.8 Å². The maximum absolute atomic E-state index is 13.8. The maximum Gasteiger partial charge on any atom is 0.263 e. The SMILES string of the molecule is CSc1ccc(CNC(=O)c2sc3cncc(C)c3c2N)cc1F. The first kappa shape index (κ1) is 16.7. The van der Waals surface area contributed by atoms with Crippen LogP contribution in [0.2, 0.25) is 0 Å². The van der Waals surface area contributed by atoms with Crippen LogP contribution < -0.4 is 11.1 Å². The fourth-order valence-corrected chi connectivity index (χ4v) is 4.03. The van der Waals surface area contributed by atoms with Crippen molar-refractivity contribution in [3.63, 3.8) is 0 Å². The van der Waals surface area contributed by atoms with Crippen molar-refractivity contribution in [1.82, 2.24) is 10.3 Å². The van der Waals surface area contributed by atoms with Crippen molar-refractivity contribution in [2.75, 3.05) is 12.0 Å². The van der Waals surface area contributed by atoms with Gasteiger partial charge in [0.2, 0.25) is 0 Å². The van der Waals surface area contributed by atoms with E-state index in [2.05, 4.69) is 10.3 Å². The number of nitrogen functional groups attached to an aromatic ring is 1. The number of hydrogen-bond donors (Lipinski definition) is 2. The van der Waals surface area contributed by atoms with Crippen molar-refractivity contribution in [3.8, 4) is 0 Å². The van der Waals surface area contributed by atoms with Gasteiger partial charge in [-0.2, -0.15) is 0 Å². The van der Waals surface area contributed by atoms with E-state index in [0.717, 1.165) is 15.6 Å². The van der Waals surface area contributed by atoms with E-state index in [0.29, 0.717) is 21.0 Å². The summed E-state index contributed by atoms with van der Waals surface area (Å²) in [5, 5.41) is 3.67. The first-order valence-corrected chi connectivity index (χ1v) is 9.28. The lowest BCUT2D eigenvalue weighted by Crippen LogP contribution is -2.22. The minimum Gasteiger partial charge on any atom is -0.397 e. The van der Waals surface area contributed by atoms with E-state index in [1.165, 1.54) is 29.2 Å². The normalized spacial score (nSPS) is 11.0. The third-order valence-electron chi connectivity index (χ3n) is 3.70. The fourth-order valence-electron chi connectivity index (χ4n) is 2.49. The number of carbonyl (C=O) groups excluding carboxylic acids is 1. The van der Waals surface area contributed by atoms with Crippen LogP contribution in [0.25, 0.3) is 10.1 Å². The molecule has 0 aliphatic heterocycles. The third kappa shape index (κ3) is 3.09. The van der Waals surface area contributed by atoms with Gasteiger partial charge in [-0.25, -0.2) is 4.39 Å². The second-order valence-electron chi connectivity index (χ2n) is 5.33. The van der Waals surface area contributed by atoms with Gasteiger partial charge in [-0.1, -0.05) is 6.07 Å². The van der Waals surface area contributed by atoms with Gasteiger partial charge in [0.1, 0.15) is 10.7 Å². The fraction of sp³-hybridized carbons (Fsp3) is 0.176. The highest BCUT2D eigenvalue weighted by atomic mass is 32.2. The predicted molar refractivity (Wildman–Crippen MR) is 98.1 cm³/mol. The Hall–Kier alpha value is -2.12. The number of aromatic nitrogens is 1. The highest BCUT2D eigenvalue weighted by Crippen LogP contribution is 2.35. The van der Waals surface area contributed by atoms with Crippen LogP contribution in [0.5, 0.6) is 0 Å². The Labute approximate surface area is 147 Å². The Kier molecular flexibility index (Phi) is 4.73. The van der Waals surface area contributed by atoms with Crippen LogP contribution >= 0.6 is 23.1 Å². The molecule has 0 spiro atoms. The highest BCUT2D eigenvalue weighted by Gasteiger charge is 2.17. The molecule has 0 unspecified atom stereocenters. The summed E-state index contributed by atoms with van der Waals surface area (Å²) in [5.41, 5.74) is 8.24. The topological polar surface area (TPSA) is 68.0 Å². The molecule has 4 nitrogen and oxygen atoms in total. The van der Waals surface area contributed by atoms with E-state index < -0.39 is 0 Å². The van der Waals surface area contributed by atoms with Crippen LogP contribution in [0, 0.1) is 12.7 Å². The van der Waals surface area contributed by atoms with E-state index in [9.17, 15) is 9.18 Å². The van der Waals surface area contributed by atoms with E-state index in [1.54, 1.807) is 24.5 Å². The van der Waals surface area contributed by atoms with Crippen LogP contribution in [-0.2, 0) is 6.54 Å². The molecule has 0 fully saturated rings. The van der Waals surface area contributed by atoms with Gasteiger partial charge in [-0.15, -0.1) is 23.1 Å². The zero-order valence-electron chi connectivity index (χ0n) is 13.2. The smallest absolute Gasteiger partial charge is 0.263 e. The maximum atomic E-state index is 13.8. The van der Waals surface area contributed by atoms with E-state index >= 15 is 0 Å². The lowest BCUT2D eigenvalue weighted by atomic mass is 10.1. The summed E-state index contributed by atoms with van der Waals surface area (Å²) in [6.45, 7) is 2.16. The van der Waals surface area contributed by atoms with Gasteiger partial charge in [0.15, 0.2) is 0 Å². The number of halogens is 1. The van der Waals surface area contributed by atoms with Gasteiger partial charge in [0, 0.05) is 29.2 Å². The Morgan fingerprint density at radius 2 is 2.21 bits per heavy atom. The monoisotopic (exact) mass is 361 g/mol. The lowest BCUT2D eigenvalue weighted by molar-refractivity contribution is 0.0955. The number of hydrogen-bond acceptors (Lipinski definition) is 5. The Balaban J connectivity index is 1.79. The molecule has 0 bridgehead atoms. The van der Waals surface area contributed by atoms with Crippen LogP contribution in [0.3, 0.4) is 0 Å². The number of anilines is 1. The van der Waals surface area contributed by atoms with Crippen molar-refractivity contribution in [2.24, 2.45) is 0 Å². The van der Waals surface area contributed by atoms with E-state index in [1.807, 2.05) is 13.2 Å². The Morgan fingerprint density at radius 1 is 1.42 bits per heavy atom. The lowest BCUT2D eigenvalue weighted by Gasteiger charge is -2.06. The molecule has 3 N–H and O–H groups in total. The third-order valence-corrected chi connectivity index (χ3v) is 5.61. The molecule has 124 valence electrons. The molecule has 3 rings (SSSR count). The standard InChI is InChI=1S/C17H16FN3OS2/c1-9-6-20-8-13-14(9)15(19)16(24-13)17(22)21-7-10-3-4-12(23-2)11(18)5-10/h3-6,8H,7,19H2,1-2H3,(H,21,22). The number of carbonyl (C=O) groups is 1. The minimum atomic E-state index is -0.280. The summed E-state index contributed by atoms with van der Waals surface area (Å²) in [4.78, 5) is 17.6. The summed E-state index contributed by atoms with van der Waals surface area (Å²) in [6.07, 6.45) is 5.25. The predicted octanol–water partition coefficient (Wildman–Crippen LogP) is 3.98. The number of rotatable bonds is 4. The molecule has 7 heteroatoms. The molecule has 2 heterocycles. The zero-order valence-corrected chi connectivity index (χ0v) is 14.9. The average Bonchev–Trinajstić information content (AvgIpc) is 2.91. The summed E-state index contributed by atoms with van der Waals surface area (Å²) < 4.78 is 14.7. The summed E-state index contributed by atoms with van der Waals surface area (Å²) >= 11 is 2.66. The summed E-state index contributed by atoms with van der Waals surface area (Å²) in [5.74, 6) is -0.542. The van der Waals surface area contributed by atoms with Crippen molar-refractivity contribution < 1.29 is 9.18 Å². The number of amides is 1. The average molecular weight is 361 g/mol. The quantitative estimate of drug-likeness (QED) is 0.690. The number of thioether (sulfide) groups is 1. The molecule has 0 aliphatic carbocycles. The second kappa shape index (κ2) is 6.78. The zero-order chi connectivity index (χ0) is 17.3. The highest BCUT2D eigenvalue weighted by molar-refractivity contribution is 7.98. The molecule has 24 heavy (non-hydrogen) atoms. The van der Waals surface area contributed by atoms with Gasteiger partial charge in [-0.05, 0) is 36.4 Å². The number of benzene rings is 1. The van der Waals surface area contributed by atoms with Crippen LogP contribution in [0.4, 0.5) is 10.1 Å². The molecule has 0 saturated carbocycles.